The molecule has 0 saturated heterocycles. The van der Waals surface area contributed by atoms with Gasteiger partial charge in [0.25, 0.3) is 0 Å². The van der Waals surface area contributed by atoms with Gasteiger partial charge in [-0.3, -0.25) is 11.3 Å². The molecular weight excluding hydrogens is 168 g/mol. The van der Waals surface area contributed by atoms with Crippen molar-refractivity contribution in [2.24, 2.45) is 11.8 Å². The maximum Gasteiger partial charge on any atom is 0.0499 e. The zero-order valence-electron chi connectivity index (χ0n) is 7.21. The largest absolute Gasteiger partial charge is 0.271 e. The Bertz CT molecular complexity index is 265. The van der Waals surface area contributed by atoms with Crippen LogP contribution in [0.4, 0.5) is 0 Å². The minimum absolute atomic E-state index is 0.399. The fourth-order valence-electron chi connectivity index (χ4n) is 1.60. The molecule has 1 heterocycles. The van der Waals surface area contributed by atoms with Gasteiger partial charge >= 0.3 is 0 Å². The monoisotopic (exact) mass is 182 g/mol. The second-order valence-electron chi connectivity index (χ2n) is 3.49. The van der Waals surface area contributed by atoms with E-state index in [1.165, 1.54) is 24.0 Å². The van der Waals surface area contributed by atoms with E-state index < -0.39 is 0 Å². The lowest BCUT2D eigenvalue weighted by Crippen LogP contribution is -2.29. The van der Waals surface area contributed by atoms with Crippen molar-refractivity contribution in [3.05, 3.63) is 21.9 Å². The molecule has 0 amide bonds. The van der Waals surface area contributed by atoms with Crippen LogP contribution in [-0.2, 0) is 0 Å². The fourth-order valence-corrected chi connectivity index (χ4v) is 2.49. The zero-order valence-corrected chi connectivity index (χ0v) is 8.03. The predicted molar refractivity (Wildman–Crippen MR) is 51.8 cm³/mol. The highest BCUT2D eigenvalue weighted by atomic mass is 32.1. The van der Waals surface area contributed by atoms with E-state index in [0.29, 0.717) is 6.04 Å². The molecule has 3 N–H and O–H groups in total. The highest BCUT2D eigenvalue weighted by Gasteiger charge is 2.32. The molecule has 66 valence electrons. The van der Waals surface area contributed by atoms with Gasteiger partial charge in [0, 0.05) is 6.04 Å². The van der Waals surface area contributed by atoms with Crippen LogP contribution in [0.2, 0.25) is 0 Å². The number of nitrogens with one attached hydrogen (secondary N) is 1. The van der Waals surface area contributed by atoms with Gasteiger partial charge in [-0.2, -0.15) is 11.3 Å². The first-order chi connectivity index (χ1) is 5.83. The summed E-state index contributed by atoms with van der Waals surface area (Å²) in [5, 5.41) is 4.39. The summed E-state index contributed by atoms with van der Waals surface area (Å²) in [7, 11) is 0. The van der Waals surface area contributed by atoms with Gasteiger partial charge in [0.2, 0.25) is 0 Å². The van der Waals surface area contributed by atoms with Crippen molar-refractivity contribution in [2.75, 3.05) is 0 Å². The molecule has 0 spiro atoms. The van der Waals surface area contributed by atoms with Crippen molar-refractivity contribution in [3.8, 4) is 0 Å². The molecule has 1 atom stereocenters. The van der Waals surface area contributed by atoms with Gasteiger partial charge in [-0.1, -0.05) is 0 Å². The van der Waals surface area contributed by atoms with Gasteiger partial charge in [0.1, 0.15) is 0 Å². The van der Waals surface area contributed by atoms with Gasteiger partial charge in [-0.25, -0.2) is 0 Å². The third-order valence-electron chi connectivity index (χ3n) is 2.50. The Morgan fingerprint density at radius 2 is 2.33 bits per heavy atom. The van der Waals surface area contributed by atoms with Gasteiger partial charge < -0.3 is 0 Å². The van der Waals surface area contributed by atoms with Crippen molar-refractivity contribution < 1.29 is 0 Å². The van der Waals surface area contributed by atoms with E-state index in [2.05, 4.69) is 23.1 Å². The van der Waals surface area contributed by atoms with Crippen molar-refractivity contribution in [3.63, 3.8) is 0 Å². The summed E-state index contributed by atoms with van der Waals surface area (Å²) in [6, 6.07) is 0.399. The molecule has 1 aromatic heterocycles. The molecule has 2 rings (SSSR count). The highest BCUT2D eigenvalue weighted by molar-refractivity contribution is 7.08. The molecule has 3 heteroatoms. The molecule has 0 aromatic carbocycles. The Balaban J connectivity index is 2.20. The molecule has 1 fully saturated rings. The van der Waals surface area contributed by atoms with E-state index in [0.717, 1.165) is 5.92 Å². The van der Waals surface area contributed by atoms with E-state index in [9.17, 15) is 0 Å². The summed E-state index contributed by atoms with van der Waals surface area (Å²) in [6.45, 7) is 2.15. The van der Waals surface area contributed by atoms with Crippen molar-refractivity contribution in [1.29, 1.82) is 0 Å². The smallest absolute Gasteiger partial charge is 0.0499 e. The van der Waals surface area contributed by atoms with Crippen molar-refractivity contribution in [1.82, 2.24) is 5.43 Å². The molecule has 1 aromatic rings. The fraction of sp³-hybridized carbons (Fsp3) is 0.556. The summed E-state index contributed by atoms with van der Waals surface area (Å²) < 4.78 is 0. The summed E-state index contributed by atoms with van der Waals surface area (Å²) >= 11 is 1.76. The van der Waals surface area contributed by atoms with Gasteiger partial charge in [-0.05, 0) is 47.6 Å². The Kier molecular flexibility index (Phi) is 2.17. The molecule has 1 unspecified atom stereocenters. The Morgan fingerprint density at radius 3 is 2.75 bits per heavy atom. The lowest BCUT2D eigenvalue weighted by molar-refractivity contribution is 0.496. The molecule has 1 aliphatic rings. The number of thiophene rings is 1. The molecular formula is C9H14N2S. The Labute approximate surface area is 76.8 Å². The quantitative estimate of drug-likeness (QED) is 0.554. The number of rotatable bonds is 3. The van der Waals surface area contributed by atoms with E-state index in [1.54, 1.807) is 11.3 Å². The van der Waals surface area contributed by atoms with Crippen LogP contribution in [0.3, 0.4) is 0 Å². The van der Waals surface area contributed by atoms with Crippen LogP contribution in [-0.4, -0.2) is 0 Å². The summed E-state index contributed by atoms with van der Waals surface area (Å²) in [6.07, 6.45) is 2.65. The van der Waals surface area contributed by atoms with E-state index in [-0.39, 0.29) is 0 Å². The zero-order chi connectivity index (χ0) is 8.55. The van der Waals surface area contributed by atoms with Crippen LogP contribution < -0.4 is 11.3 Å². The molecule has 0 aliphatic heterocycles. The third kappa shape index (κ3) is 1.40. The second kappa shape index (κ2) is 3.17. The number of aryl methyl sites for hydroxylation is 1. The standard InChI is InChI=1S/C9H14N2S/c1-6-4-12-5-8(6)9(11-10)7-2-3-7/h4-5,7,9,11H,2-3,10H2,1H3. The van der Waals surface area contributed by atoms with Crippen LogP contribution >= 0.6 is 11.3 Å². The van der Waals surface area contributed by atoms with Gasteiger partial charge in [-0.15, -0.1) is 0 Å². The maximum absolute atomic E-state index is 5.53. The Hall–Kier alpha value is -0.380. The topological polar surface area (TPSA) is 38.0 Å². The van der Waals surface area contributed by atoms with Crippen LogP contribution in [0.15, 0.2) is 10.8 Å². The summed E-state index contributed by atoms with van der Waals surface area (Å²) in [4.78, 5) is 0. The molecule has 0 bridgehead atoms. The average Bonchev–Trinajstić information content (AvgIpc) is 2.80. The van der Waals surface area contributed by atoms with E-state index in [4.69, 9.17) is 5.84 Å². The highest BCUT2D eigenvalue weighted by Crippen LogP contribution is 2.42. The maximum atomic E-state index is 5.53. The second-order valence-corrected chi connectivity index (χ2v) is 4.24. The molecule has 1 aliphatic carbocycles. The molecule has 0 radical (unpaired) electrons. The summed E-state index contributed by atoms with van der Waals surface area (Å²) in [5.41, 5.74) is 5.68. The first kappa shape index (κ1) is 8.23. The van der Waals surface area contributed by atoms with Crippen molar-refractivity contribution >= 4 is 11.3 Å². The Morgan fingerprint density at radius 1 is 1.58 bits per heavy atom. The predicted octanol–water partition coefficient (Wildman–Crippen LogP) is 1.97. The molecule has 12 heavy (non-hydrogen) atoms. The number of nitrogens with two attached hydrogens (primary N) is 1. The van der Waals surface area contributed by atoms with Crippen LogP contribution in [0.25, 0.3) is 0 Å². The van der Waals surface area contributed by atoms with E-state index >= 15 is 0 Å². The summed E-state index contributed by atoms with van der Waals surface area (Å²) in [5.74, 6) is 6.31. The SMILES string of the molecule is Cc1cscc1C(NN)C1CC1. The lowest BCUT2D eigenvalue weighted by Gasteiger charge is -2.14. The van der Waals surface area contributed by atoms with Gasteiger partial charge in [0.05, 0.1) is 0 Å². The van der Waals surface area contributed by atoms with Gasteiger partial charge in [0.15, 0.2) is 0 Å². The number of hydrazine groups is 1. The minimum Gasteiger partial charge on any atom is -0.271 e. The average molecular weight is 182 g/mol. The van der Waals surface area contributed by atoms with Crippen molar-refractivity contribution in [2.45, 2.75) is 25.8 Å². The van der Waals surface area contributed by atoms with Crippen LogP contribution in [0, 0.1) is 12.8 Å². The van der Waals surface area contributed by atoms with E-state index in [1.807, 2.05) is 0 Å². The minimum atomic E-state index is 0.399. The molecule has 1 saturated carbocycles. The van der Waals surface area contributed by atoms with Crippen LogP contribution in [0.5, 0.6) is 0 Å². The lowest BCUT2D eigenvalue weighted by atomic mass is 10.0. The number of hydrogen-bond donors (Lipinski definition) is 2. The van der Waals surface area contributed by atoms with Crippen LogP contribution in [0.1, 0.15) is 30.0 Å². The molecule has 2 nitrogen and oxygen atoms in total. The first-order valence-electron chi connectivity index (χ1n) is 4.31. The third-order valence-corrected chi connectivity index (χ3v) is 3.38. The number of hydrogen-bond acceptors (Lipinski definition) is 3. The normalized spacial score (nSPS) is 19.5. The first-order valence-corrected chi connectivity index (χ1v) is 5.26.